The number of carbonyl (C=O) groups excluding carboxylic acids is 2. The van der Waals surface area contributed by atoms with Crippen molar-refractivity contribution in [1.82, 2.24) is 4.90 Å². The van der Waals surface area contributed by atoms with Crippen LogP contribution in [0, 0.1) is 5.92 Å². The molecule has 0 unspecified atom stereocenters. The number of carbonyl (C=O) groups is 2. The Morgan fingerprint density at radius 1 is 1.35 bits per heavy atom. The number of aliphatic hydroxyl groups excluding tert-OH is 1. The summed E-state index contributed by atoms with van der Waals surface area (Å²) >= 11 is 0. The maximum absolute atomic E-state index is 12.5. The van der Waals surface area contributed by atoms with Gasteiger partial charge in [-0.3, -0.25) is 4.79 Å². The SMILES string of the molecule is CCOC(=O)[C@H](Cc1ccccc1)N1C(=O)[C@H](O)C[C@@H]1C(C)C. The average Bonchev–Trinajstić information content (AvgIpc) is 2.82. The molecule has 3 atom stereocenters. The highest BCUT2D eigenvalue weighted by atomic mass is 16.5. The van der Waals surface area contributed by atoms with E-state index in [2.05, 4.69) is 0 Å². The molecule has 1 aliphatic heterocycles. The third-order valence-corrected chi connectivity index (χ3v) is 4.30. The largest absolute Gasteiger partial charge is 0.464 e. The molecule has 0 bridgehead atoms. The van der Waals surface area contributed by atoms with E-state index in [0.717, 1.165) is 5.56 Å². The van der Waals surface area contributed by atoms with Gasteiger partial charge < -0.3 is 14.7 Å². The second kappa shape index (κ2) is 7.59. The normalized spacial score (nSPS) is 22.5. The summed E-state index contributed by atoms with van der Waals surface area (Å²) in [5, 5.41) is 9.97. The van der Waals surface area contributed by atoms with Crippen LogP contribution in [0.15, 0.2) is 30.3 Å². The molecule has 0 saturated carbocycles. The summed E-state index contributed by atoms with van der Waals surface area (Å²) in [6.07, 6.45) is -0.280. The van der Waals surface area contributed by atoms with E-state index in [1.54, 1.807) is 11.8 Å². The second-order valence-corrected chi connectivity index (χ2v) is 6.27. The van der Waals surface area contributed by atoms with Crippen LogP contribution in [0.2, 0.25) is 0 Å². The van der Waals surface area contributed by atoms with E-state index in [1.165, 1.54) is 0 Å². The standard InChI is InChI=1S/C18H25NO4/c1-4-23-18(22)15(10-13-8-6-5-7-9-13)19-14(12(2)3)11-16(20)17(19)21/h5-9,12,14-16,20H,4,10-11H2,1-3H3/t14-,15+,16-/m1/s1. The van der Waals surface area contributed by atoms with Gasteiger partial charge in [0.05, 0.1) is 6.61 Å². The molecule has 0 aliphatic carbocycles. The number of esters is 1. The fourth-order valence-corrected chi connectivity index (χ4v) is 3.13. The third-order valence-electron chi connectivity index (χ3n) is 4.30. The van der Waals surface area contributed by atoms with E-state index in [4.69, 9.17) is 4.74 Å². The van der Waals surface area contributed by atoms with Gasteiger partial charge in [0.2, 0.25) is 0 Å². The van der Waals surface area contributed by atoms with E-state index in [9.17, 15) is 14.7 Å². The van der Waals surface area contributed by atoms with Crippen LogP contribution >= 0.6 is 0 Å². The highest BCUT2D eigenvalue weighted by molar-refractivity contribution is 5.89. The molecule has 0 radical (unpaired) electrons. The van der Waals surface area contributed by atoms with E-state index < -0.39 is 18.1 Å². The molecule has 23 heavy (non-hydrogen) atoms. The van der Waals surface area contributed by atoms with E-state index in [0.29, 0.717) is 12.8 Å². The van der Waals surface area contributed by atoms with Gasteiger partial charge in [0.1, 0.15) is 12.1 Å². The van der Waals surface area contributed by atoms with Crippen molar-refractivity contribution in [2.24, 2.45) is 5.92 Å². The number of rotatable bonds is 6. The summed E-state index contributed by atoms with van der Waals surface area (Å²) in [5.41, 5.74) is 0.960. The van der Waals surface area contributed by atoms with Crippen molar-refractivity contribution in [3.63, 3.8) is 0 Å². The molecule has 1 saturated heterocycles. The molecule has 1 fully saturated rings. The maximum atomic E-state index is 12.5. The van der Waals surface area contributed by atoms with Gasteiger partial charge in [-0.05, 0) is 18.4 Å². The molecular weight excluding hydrogens is 294 g/mol. The van der Waals surface area contributed by atoms with Crippen molar-refractivity contribution in [3.05, 3.63) is 35.9 Å². The number of likely N-dealkylation sites (tertiary alicyclic amines) is 1. The number of amides is 1. The van der Waals surface area contributed by atoms with Crippen molar-refractivity contribution in [3.8, 4) is 0 Å². The number of benzene rings is 1. The van der Waals surface area contributed by atoms with Gasteiger partial charge in [-0.1, -0.05) is 44.2 Å². The zero-order valence-electron chi connectivity index (χ0n) is 13.9. The molecule has 1 heterocycles. The fourth-order valence-electron chi connectivity index (χ4n) is 3.13. The summed E-state index contributed by atoms with van der Waals surface area (Å²) in [6.45, 7) is 6.00. The first-order valence-electron chi connectivity index (χ1n) is 8.16. The Morgan fingerprint density at radius 3 is 2.57 bits per heavy atom. The van der Waals surface area contributed by atoms with Crippen LogP contribution in [-0.2, 0) is 20.7 Å². The Morgan fingerprint density at radius 2 is 2.00 bits per heavy atom. The topological polar surface area (TPSA) is 66.8 Å². The Labute approximate surface area is 137 Å². The molecule has 1 aliphatic rings. The molecule has 126 valence electrons. The molecule has 1 aromatic carbocycles. The quantitative estimate of drug-likeness (QED) is 0.812. The summed E-state index contributed by atoms with van der Waals surface area (Å²) in [4.78, 5) is 26.4. The second-order valence-electron chi connectivity index (χ2n) is 6.27. The van der Waals surface area contributed by atoms with Crippen molar-refractivity contribution in [1.29, 1.82) is 0 Å². The Kier molecular flexibility index (Phi) is 5.77. The van der Waals surface area contributed by atoms with Gasteiger partial charge in [-0.2, -0.15) is 0 Å². The first-order chi connectivity index (χ1) is 11.0. The Balaban J connectivity index is 2.31. The predicted molar refractivity (Wildman–Crippen MR) is 86.7 cm³/mol. The zero-order chi connectivity index (χ0) is 17.0. The van der Waals surface area contributed by atoms with Crippen molar-refractivity contribution < 1.29 is 19.4 Å². The van der Waals surface area contributed by atoms with Crippen LogP contribution in [0.25, 0.3) is 0 Å². The minimum atomic E-state index is -1.03. The molecule has 1 N–H and O–H groups in total. The van der Waals surface area contributed by atoms with Crippen LogP contribution in [-0.4, -0.2) is 46.7 Å². The third kappa shape index (κ3) is 3.91. The molecule has 2 rings (SSSR count). The van der Waals surface area contributed by atoms with Gasteiger partial charge in [-0.15, -0.1) is 0 Å². The number of aliphatic hydroxyl groups is 1. The summed E-state index contributed by atoms with van der Waals surface area (Å²) in [5.74, 6) is -0.633. The molecule has 5 heteroatoms. The van der Waals surface area contributed by atoms with E-state index in [-0.39, 0.29) is 24.5 Å². The van der Waals surface area contributed by atoms with Gasteiger partial charge in [0.25, 0.3) is 5.91 Å². The molecular formula is C18H25NO4. The maximum Gasteiger partial charge on any atom is 0.329 e. The number of hydrogen-bond acceptors (Lipinski definition) is 4. The van der Waals surface area contributed by atoms with Crippen LogP contribution in [0.1, 0.15) is 32.8 Å². The lowest BCUT2D eigenvalue weighted by atomic mass is 9.98. The van der Waals surface area contributed by atoms with E-state index in [1.807, 2.05) is 44.2 Å². The van der Waals surface area contributed by atoms with Crippen LogP contribution in [0.5, 0.6) is 0 Å². The first kappa shape index (κ1) is 17.5. The lowest BCUT2D eigenvalue weighted by Gasteiger charge is -2.33. The van der Waals surface area contributed by atoms with Crippen molar-refractivity contribution in [2.75, 3.05) is 6.61 Å². The first-order valence-corrected chi connectivity index (χ1v) is 8.16. The van der Waals surface area contributed by atoms with Crippen LogP contribution in [0.4, 0.5) is 0 Å². The van der Waals surface area contributed by atoms with Crippen LogP contribution < -0.4 is 0 Å². The molecule has 1 amide bonds. The summed E-state index contributed by atoms with van der Waals surface area (Å²) < 4.78 is 5.19. The number of nitrogens with zero attached hydrogens (tertiary/aromatic N) is 1. The predicted octanol–water partition coefficient (Wildman–Crippen LogP) is 1.78. The van der Waals surface area contributed by atoms with Gasteiger partial charge >= 0.3 is 5.97 Å². The average molecular weight is 319 g/mol. The molecule has 1 aromatic rings. The van der Waals surface area contributed by atoms with Crippen molar-refractivity contribution in [2.45, 2.75) is 51.8 Å². The van der Waals surface area contributed by atoms with Gasteiger partial charge in [0.15, 0.2) is 0 Å². The van der Waals surface area contributed by atoms with E-state index >= 15 is 0 Å². The lowest BCUT2D eigenvalue weighted by Crippen LogP contribution is -2.50. The van der Waals surface area contributed by atoms with Gasteiger partial charge in [-0.25, -0.2) is 4.79 Å². The minimum absolute atomic E-state index is 0.156. The monoisotopic (exact) mass is 319 g/mol. The number of ether oxygens (including phenoxy) is 1. The smallest absolute Gasteiger partial charge is 0.329 e. The Hall–Kier alpha value is -1.88. The highest BCUT2D eigenvalue weighted by Crippen LogP contribution is 2.29. The summed E-state index contributed by atoms with van der Waals surface area (Å²) in [7, 11) is 0. The highest BCUT2D eigenvalue weighted by Gasteiger charge is 2.46. The van der Waals surface area contributed by atoms with Crippen LogP contribution in [0.3, 0.4) is 0 Å². The Bertz CT molecular complexity index is 543. The lowest BCUT2D eigenvalue weighted by molar-refractivity contribution is -0.156. The fraction of sp³-hybridized carbons (Fsp3) is 0.556. The summed E-state index contributed by atoms with van der Waals surface area (Å²) in [6, 6.07) is 8.70. The molecule has 0 aromatic heterocycles. The molecule has 5 nitrogen and oxygen atoms in total. The molecule has 0 spiro atoms. The van der Waals surface area contributed by atoms with Crippen molar-refractivity contribution >= 4 is 11.9 Å². The van der Waals surface area contributed by atoms with Gasteiger partial charge in [0, 0.05) is 18.9 Å². The minimum Gasteiger partial charge on any atom is -0.464 e. The number of hydrogen-bond donors (Lipinski definition) is 1. The zero-order valence-corrected chi connectivity index (χ0v) is 13.9.